The minimum atomic E-state index is -0.395. The Balaban J connectivity index is 1.55. The van der Waals surface area contributed by atoms with E-state index in [1.807, 2.05) is 78.9 Å². The lowest BCUT2D eigenvalue weighted by molar-refractivity contribution is 0.101. The molecule has 4 aromatic carbocycles. The summed E-state index contributed by atoms with van der Waals surface area (Å²) in [5, 5.41) is 10.1. The number of nitrogens with zero attached hydrogens (tertiary/aromatic N) is 3. The van der Waals surface area contributed by atoms with E-state index in [2.05, 4.69) is 15.4 Å². The molecule has 162 valence electrons. The second kappa shape index (κ2) is 8.76. The minimum Gasteiger partial charge on any atom is -0.497 e. The molecule has 0 fully saturated rings. The molecule has 5 rings (SSSR count). The summed E-state index contributed by atoms with van der Waals surface area (Å²) in [6.07, 6.45) is 0. The number of aromatic nitrogens is 3. The molecular weight excluding hydrogens is 436 g/mol. The Kier molecular flexibility index (Phi) is 5.50. The lowest BCUT2D eigenvalue weighted by Crippen LogP contribution is -2.14. The zero-order valence-electron chi connectivity index (χ0n) is 17.7. The first-order valence-corrected chi connectivity index (χ1v) is 10.7. The van der Waals surface area contributed by atoms with E-state index in [1.165, 1.54) is 0 Å². The van der Waals surface area contributed by atoms with Crippen LogP contribution in [0.25, 0.3) is 27.8 Å². The van der Waals surface area contributed by atoms with Crippen molar-refractivity contribution in [1.29, 1.82) is 0 Å². The summed E-state index contributed by atoms with van der Waals surface area (Å²) in [7, 11) is 1.61. The Morgan fingerprint density at radius 2 is 1.64 bits per heavy atom. The molecule has 6 nitrogen and oxygen atoms in total. The van der Waals surface area contributed by atoms with Crippen molar-refractivity contribution in [1.82, 2.24) is 14.8 Å². The summed E-state index contributed by atoms with van der Waals surface area (Å²) in [6, 6.07) is 28.3. The maximum Gasteiger partial charge on any atom is 0.295 e. The number of carbonyl (C=O) groups is 1. The first kappa shape index (κ1) is 20.7. The molecule has 0 saturated carbocycles. The first-order valence-electron chi connectivity index (χ1n) is 10.3. The van der Waals surface area contributed by atoms with E-state index in [0.29, 0.717) is 16.5 Å². The van der Waals surface area contributed by atoms with Crippen LogP contribution in [-0.4, -0.2) is 27.8 Å². The van der Waals surface area contributed by atoms with Gasteiger partial charge in [0.05, 0.1) is 12.8 Å². The van der Waals surface area contributed by atoms with Gasteiger partial charge in [-0.15, -0.1) is 5.10 Å². The van der Waals surface area contributed by atoms with Crippen LogP contribution in [0.2, 0.25) is 5.02 Å². The second-order valence-electron chi connectivity index (χ2n) is 7.36. The van der Waals surface area contributed by atoms with Crippen molar-refractivity contribution in [2.24, 2.45) is 0 Å². The predicted octanol–water partition coefficient (Wildman–Crippen LogP) is 6.00. The largest absolute Gasteiger partial charge is 0.497 e. The molecule has 7 heteroatoms. The SMILES string of the molecule is COc1ccc(-n2nc(C(=O)Nc3cccc4ccccc34)nc2-c2ccc(Cl)cc2)cc1. The minimum absolute atomic E-state index is 0.0590. The van der Waals surface area contributed by atoms with Crippen molar-refractivity contribution >= 4 is 34.0 Å². The van der Waals surface area contributed by atoms with Crippen LogP contribution in [0.4, 0.5) is 5.69 Å². The summed E-state index contributed by atoms with van der Waals surface area (Å²) in [6.45, 7) is 0. The number of anilines is 1. The number of methoxy groups -OCH3 is 1. The van der Waals surface area contributed by atoms with Crippen LogP contribution in [0.5, 0.6) is 5.75 Å². The van der Waals surface area contributed by atoms with Crippen molar-refractivity contribution in [2.45, 2.75) is 0 Å². The molecule has 0 aliphatic rings. The number of rotatable bonds is 5. The number of amides is 1. The van der Waals surface area contributed by atoms with Gasteiger partial charge in [0.1, 0.15) is 5.75 Å². The van der Waals surface area contributed by atoms with Gasteiger partial charge in [-0.3, -0.25) is 4.79 Å². The first-order chi connectivity index (χ1) is 16.1. The quantitative estimate of drug-likeness (QED) is 0.353. The molecule has 0 spiro atoms. The number of nitrogens with one attached hydrogen (secondary N) is 1. The van der Waals surface area contributed by atoms with E-state index < -0.39 is 5.91 Å². The highest BCUT2D eigenvalue weighted by Gasteiger charge is 2.19. The van der Waals surface area contributed by atoms with Crippen LogP contribution in [0.1, 0.15) is 10.6 Å². The molecular formula is C26H19ClN4O2. The Morgan fingerprint density at radius 3 is 2.39 bits per heavy atom. The normalized spacial score (nSPS) is 10.8. The fraction of sp³-hybridized carbons (Fsp3) is 0.0385. The Hall–Kier alpha value is -4.16. The van der Waals surface area contributed by atoms with Gasteiger partial charge in [-0.1, -0.05) is 48.0 Å². The summed E-state index contributed by atoms with van der Waals surface area (Å²) in [5.41, 5.74) is 2.23. The summed E-state index contributed by atoms with van der Waals surface area (Å²) < 4.78 is 6.89. The van der Waals surface area contributed by atoms with Gasteiger partial charge in [-0.2, -0.15) is 0 Å². The smallest absolute Gasteiger partial charge is 0.295 e. The van der Waals surface area contributed by atoms with Gasteiger partial charge >= 0.3 is 0 Å². The van der Waals surface area contributed by atoms with Gasteiger partial charge in [0, 0.05) is 21.7 Å². The molecule has 1 N–H and O–H groups in total. The number of ether oxygens (including phenoxy) is 1. The summed E-state index contributed by atoms with van der Waals surface area (Å²) >= 11 is 6.06. The van der Waals surface area contributed by atoms with Crippen LogP contribution in [0.3, 0.4) is 0 Å². The molecule has 0 bridgehead atoms. The molecule has 1 heterocycles. The third-order valence-electron chi connectivity index (χ3n) is 5.27. The molecule has 1 aromatic heterocycles. The Labute approximate surface area is 195 Å². The van der Waals surface area contributed by atoms with E-state index in [9.17, 15) is 4.79 Å². The Morgan fingerprint density at radius 1 is 0.909 bits per heavy atom. The number of fused-ring (bicyclic) bond motifs is 1. The average molecular weight is 455 g/mol. The molecule has 1 amide bonds. The zero-order valence-corrected chi connectivity index (χ0v) is 18.5. The fourth-order valence-electron chi connectivity index (χ4n) is 3.61. The van der Waals surface area contributed by atoms with E-state index in [1.54, 1.807) is 23.9 Å². The van der Waals surface area contributed by atoms with Crippen LogP contribution < -0.4 is 10.1 Å². The van der Waals surface area contributed by atoms with E-state index >= 15 is 0 Å². The summed E-state index contributed by atoms with van der Waals surface area (Å²) in [4.78, 5) is 17.7. The van der Waals surface area contributed by atoms with Crippen LogP contribution in [0, 0.1) is 0 Å². The standard InChI is InChI=1S/C26H19ClN4O2/c1-33-21-15-13-20(14-16-21)31-25(18-9-11-19(27)12-10-18)29-24(30-31)26(32)28-23-8-4-6-17-5-2-3-7-22(17)23/h2-16H,1H3,(H,28,32). The van der Waals surface area contributed by atoms with Crippen molar-refractivity contribution in [2.75, 3.05) is 12.4 Å². The van der Waals surface area contributed by atoms with E-state index in [4.69, 9.17) is 16.3 Å². The number of hydrogen-bond donors (Lipinski definition) is 1. The fourth-order valence-corrected chi connectivity index (χ4v) is 3.74. The third kappa shape index (κ3) is 4.16. The zero-order chi connectivity index (χ0) is 22.8. The topological polar surface area (TPSA) is 69.0 Å². The lowest BCUT2D eigenvalue weighted by atomic mass is 10.1. The average Bonchev–Trinajstić information content (AvgIpc) is 3.30. The Bertz CT molecular complexity index is 1440. The highest BCUT2D eigenvalue weighted by Crippen LogP contribution is 2.26. The van der Waals surface area contributed by atoms with Gasteiger partial charge in [-0.05, 0) is 60.0 Å². The highest BCUT2D eigenvalue weighted by atomic mass is 35.5. The van der Waals surface area contributed by atoms with E-state index in [0.717, 1.165) is 27.8 Å². The highest BCUT2D eigenvalue weighted by molar-refractivity contribution is 6.30. The van der Waals surface area contributed by atoms with Crippen LogP contribution in [-0.2, 0) is 0 Å². The predicted molar refractivity (Wildman–Crippen MR) is 130 cm³/mol. The van der Waals surface area contributed by atoms with Gasteiger partial charge in [0.2, 0.25) is 5.82 Å². The number of benzene rings is 4. The van der Waals surface area contributed by atoms with Crippen molar-refractivity contribution in [3.63, 3.8) is 0 Å². The molecule has 0 atom stereocenters. The van der Waals surface area contributed by atoms with Gasteiger partial charge in [-0.25, -0.2) is 9.67 Å². The number of hydrogen-bond acceptors (Lipinski definition) is 4. The molecule has 0 unspecified atom stereocenters. The van der Waals surface area contributed by atoms with Crippen molar-refractivity contribution < 1.29 is 9.53 Å². The van der Waals surface area contributed by atoms with Gasteiger partial charge in [0.15, 0.2) is 5.82 Å². The molecule has 0 aliphatic carbocycles. The van der Waals surface area contributed by atoms with E-state index in [-0.39, 0.29) is 5.82 Å². The lowest BCUT2D eigenvalue weighted by Gasteiger charge is -2.07. The maximum atomic E-state index is 13.1. The third-order valence-corrected chi connectivity index (χ3v) is 5.52. The van der Waals surface area contributed by atoms with Gasteiger partial charge in [0.25, 0.3) is 5.91 Å². The monoisotopic (exact) mass is 454 g/mol. The molecule has 33 heavy (non-hydrogen) atoms. The second-order valence-corrected chi connectivity index (χ2v) is 7.79. The number of halogens is 1. The summed E-state index contributed by atoms with van der Waals surface area (Å²) in [5.74, 6) is 0.915. The molecule has 0 radical (unpaired) electrons. The number of carbonyl (C=O) groups excluding carboxylic acids is 1. The van der Waals surface area contributed by atoms with Crippen molar-refractivity contribution in [3.8, 4) is 22.8 Å². The maximum absolute atomic E-state index is 13.1. The van der Waals surface area contributed by atoms with Crippen molar-refractivity contribution in [3.05, 3.63) is 102 Å². The van der Waals surface area contributed by atoms with Crippen LogP contribution in [0.15, 0.2) is 91.0 Å². The molecule has 0 aliphatic heterocycles. The molecule has 0 saturated heterocycles. The van der Waals surface area contributed by atoms with Crippen LogP contribution >= 0.6 is 11.6 Å². The van der Waals surface area contributed by atoms with Gasteiger partial charge < -0.3 is 10.1 Å². The molecule has 5 aromatic rings.